The Morgan fingerprint density at radius 1 is 1.71 bits per heavy atom. The van der Waals surface area contributed by atoms with E-state index in [9.17, 15) is 4.79 Å². The van der Waals surface area contributed by atoms with Gasteiger partial charge in [0.15, 0.2) is 10.6 Å². The number of hydrogen-bond acceptors (Lipinski definition) is 5. The van der Waals surface area contributed by atoms with Gasteiger partial charge in [-0.15, -0.1) is 11.3 Å². The molecule has 0 atom stereocenters. The van der Waals surface area contributed by atoms with Crippen LogP contribution in [0.3, 0.4) is 0 Å². The zero-order valence-electron chi connectivity index (χ0n) is 9.17. The molecule has 0 saturated heterocycles. The highest BCUT2D eigenvalue weighted by Crippen LogP contribution is 2.22. The molecule has 7 heteroatoms. The van der Waals surface area contributed by atoms with Crippen LogP contribution < -0.4 is 0 Å². The molecule has 0 aliphatic heterocycles. The van der Waals surface area contributed by atoms with Crippen molar-refractivity contribution in [2.45, 2.75) is 13.5 Å². The third-order valence-corrected chi connectivity index (χ3v) is 3.27. The quantitative estimate of drug-likeness (QED) is 0.683. The summed E-state index contributed by atoms with van der Waals surface area (Å²) in [5, 5.41) is 8.75. The lowest BCUT2D eigenvalue weighted by Crippen LogP contribution is -2.14. The molecular formula is C10H11N3O2S2. The van der Waals surface area contributed by atoms with E-state index in [2.05, 4.69) is 10.2 Å². The first kappa shape index (κ1) is 12.0. The minimum absolute atomic E-state index is 0.0798. The van der Waals surface area contributed by atoms with Crippen LogP contribution in [0.1, 0.15) is 6.92 Å². The Morgan fingerprint density at radius 2 is 2.53 bits per heavy atom. The predicted molar refractivity (Wildman–Crippen MR) is 67.4 cm³/mol. The Balaban J connectivity index is 2.31. The summed E-state index contributed by atoms with van der Waals surface area (Å²) >= 11 is 6.63. The van der Waals surface area contributed by atoms with Gasteiger partial charge < -0.3 is 4.74 Å². The van der Waals surface area contributed by atoms with Crippen molar-refractivity contribution >= 4 is 29.5 Å². The lowest BCUT2D eigenvalue weighted by Gasteiger charge is -2.04. The van der Waals surface area contributed by atoms with E-state index in [1.807, 2.05) is 17.5 Å². The molecule has 0 radical (unpaired) electrons. The fraction of sp³-hybridized carbons (Fsp3) is 0.300. The van der Waals surface area contributed by atoms with Crippen molar-refractivity contribution in [3.63, 3.8) is 0 Å². The maximum absolute atomic E-state index is 11.5. The fourth-order valence-electron chi connectivity index (χ4n) is 1.39. The average Bonchev–Trinajstić information content (AvgIpc) is 2.90. The molecule has 2 aromatic rings. The highest BCUT2D eigenvalue weighted by Gasteiger charge is 2.13. The number of nitrogens with one attached hydrogen (secondary N) is 1. The molecule has 0 fully saturated rings. The van der Waals surface area contributed by atoms with Crippen LogP contribution in [-0.4, -0.2) is 27.3 Å². The molecule has 0 spiro atoms. The van der Waals surface area contributed by atoms with Gasteiger partial charge in [0.05, 0.1) is 11.5 Å². The second kappa shape index (κ2) is 5.24. The van der Waals surface area contributed by atoms with Gasteiger partial charge in [0.2, 0.25) is 0 Å². The monoisotopic (exact) mass is 269 g/mol. The summed E-state index contributed by atoms with van der Waals surface area (Å²) in [4.78, 5) is 12.4. The van der Waals surface area contributed by atoms with Crippen molar-refractivity contribution < 1.29 is 9.53 Å². The Hall–Kier alpha value is -1.47. The van der Waals surface area contributed by atoms with Crippen LogP contribution in [0.5, 0.6) is 0 Å². The second-order valence-corrected chi connectivity index (χ2v) is 4.56. The maximum Gasteiger partial charge on any atom is 0.326 e. The van der Waals surface area contributed by atoms with Crippen LogP contribution in [0, 0.1) is 4.77 Å². The van der Waals surface area contributed by atoms with Crippen LogP contribution in [0.15, 0.2) is 17.5 Å². The third-order valence-electron chi connectivity index (χ3n) is 2.09. The molecule has 0 unspecified atom stereocenters. The molecule has 0 bridgehead atoms. The van der Waals surface area contributed by atoms with Crippen molar-refractivity contribution in [2.24, 2.45) is 0 Å². The standard InChI is InChI=1S/C10H11N3O2S2/c1-2-15-8(14)6-13-9(11-12-10(13)16)7-4-3-5-17-7/h3-5H,2,6H2,1H3,(H,12,16). The zero-order valence-corrected chi connectivity index (χ0v) is 10.8. The topological polar surface area (TPSA) is 59.9 Å². The van der Waals surface area contributed by atoms with Crippen molar-refractivity contribution in [3.8, 4) is 10.7 Å². The van der Waals surface area contributed by atoms with Gasteiger partial charge in [-0.05, 0) is 30.6 Å². The SMILES string of the molecule is CCOC(=O)Cn1c(-c2cccs2)n[nH]c1=S. The van der Waals surface area contributed by atoms with Crippen molar-refractivity contribution in [2.75, 3.05) is 6.61 Å². The first-order valence-corrected chi connectivity index (χ1v) is 6.36. The minimum atomic E-state index is -0.317. The van der Waals surface area contributed by atoms with E-state index in [-0.39, 0.29) is 12.5 Å². The number of carbonyl (C=O) groups is 1. The van der Waals surface area contributed by atoms with Crippen LogP contribution >= 0.6 is 23.6 Å². The van der Waals surface area contributed by atoms with Crippen LogP contribution in [0.2, 0.25) is 0 Å². The molecule has 2 rings (SSSR count). The summed E-state index contributed by atoms with van der Waals surface area (Å²) in [6, 6.07) is 3.85. The van der Waals surface area contributed by atoms with E-state index in [0.29, 0.717) is 17.2 Å². The molecule has 2 heterocycles. The fourth-order valence-corrected chi connectivity index (χ4v) is 2.31. The summed E-state index contributed by atoms with van der Waals surface area (Å²) in [5.74, 6) is 0.348. The number of H-pyrrole nitrogens is 1. The number of aromatic amines is 1. The number of thiophene rings is 1. The number of rotatable bonds is 4. The van der Waals surface area contributed by atoms with Gasteiger partial charge in [-0.3, -0.25) is 14.5 Å². The van der Waals surface area contributed by atoms with Gasteiger partial charge in [0.25, 0.3) is 0 Å². The summed E-state index contributed by atoms with van der Waals surface area (Å²) < 4.78 is 6.95. The molecule has 90 valence electrons. The molecule has 0 aliphatic rings. The summed E-state index contributed by atoms with van der Waals surface area (Å²) in [6.45, 7) is 2.21. The smallest absolute Gasteiger partial charge is 0.326 e. The van der Waals surface area contributed by atoms with Crippen molar-refractivity contribution in [1.82, 2.24) is 14.8 Å². The van der Waals surface area contributed by atoms with E-state index >= 15 is 0 Å². The van der Waals surface area contributed by atoms with Gasteiger partial charge in [0.1, 0.15) is 6.54 Å². The zero-order chi connectivity index (χ0) is 12.3. The Kier molecular flexibility index (Phi) is 3.70. The van der Waals surface area contributed by atoms with E-state index in [4.69, 9.17) is 17.0 Å². The highest BCUT2D eigenvalue weighted by molar-refractivity contribution is 7.71. The van der Waals surface area contributed by atoms with Crippen molar-refractivity contribution in [3.05, 3.63) is 22.3 Å². The molecule has 2 aromatic heterocycles. The number of esters is 1. The number of hydrogen-bond donors (Lipinski definition) is 1. The van der Waals surface area contributed by atoms with Gasteiger partial charge in [-0.1, -0.05) is 6.07 Å². The molecule has 0 aromatic carbocycles. The lowest BCUT2D eigenvalue weighted by molar-refractivity contribution is -0.143. The normalized spacial score (nSPS) is 10.4. The molecule has 5 nitrogen and oxygen atoms in total. The van der Waals surface area contributed by atoms with Gasteiger partial charge in [0, 0.05) is 0 Å². The van der Waals surface area contributed by atoms with E-state index < -0.39 is 0 Å². The number of nitrogens with zero attached hydrogens (tertiary/aromatic N) is 2. The van der Waals surface area contributed by atoms with Crippen LogP contribution in [0.25, 0.3) is 10.7 Å². The molecule has 0 saturated carbocycles. The number of carbonyl (C=O) groups excluding carboxylic acids is 1. The Bertz CT molecular complexity index is 556. The predicted octanol–water partition coefficient (Wildman–Crippen LogP) is 2.23. The van der Waals surface area contributed by atoms with E-state index in [0.717, 1.165) is 4.88 Å². The molecule has 0 amide bonds. The summed E-state index contributed by atoms with van der Waals surface area (Å²) in [5.41, 5.74) is 0. The van der Waals surface area contributed by atoms with E-state index in [1.165, 1.54) is 0 Å². The Morgan fingerprint density at radius 3 is 3.18 bits per heavy atom. The summed E-state index contributed by atoms with van der Waals surface area (Å²) in [7, 11) is 0. The lowest BCUT2D eigenvalue weighted by atomic mass is 10.4. The number of ether oxygens (including phenoxy) is 1. The third kappa shape index (κ3) is 2.62. The number of aromatic nitrogens is 3. The average molecular weight is 269 g/mol. The van der Waals surface area contributed by atoms with Crippen LogP contribution in [-0.2, 0) is 16.1 Å². The molecule has 17 heavy (non-hydrogen) atoms. The Labute approximate surface area is 107 Å². The van der Waals surface area contributed by atoms with Gasteiger partial charge in [-0.25, -0.2) is 0 Å². The maximum atomic E-state index is 11.5. The van der Waals surface area contributed by atoms with Crippen LogP contribution in [0.4, 0.5) is 0 Å². The summed E-state index contributed by atoms with van der Waals surface area (Å²) in [6.07, 6.45) is 0. The first-order valence-electron chi connectivity index (χ1n) is 5.07. The molecule has 1 N–H and O–H groups in total. The molecular weight excluding hydrogens is 258 g/mol. The first-order chi connectivity index (χ1) is 8.22. The highest BCUT2D eigenvalue weighted by atomic mass is 32.1. The molecule has 0 aliphatic carbocycles. The largest absolute Gasteiger partial charge is 0.465 e. The van der Waals surface area contributed by atoms with Gasteiger partial charge in [-0.2, -0.15) is 5.10 Å². The van der Waals surface area contributed by atoms with Crippen molar-refractivity contribution in [1.29, 1.82) is 0 Å². The van der Waals surface area contributed by atoms with E-state index in [1.54, 1.807) is 22.8 Å². The minimum Gasteiger partial charge on any atom is -0.465 e. The second-order valence-electron chi connectivity index (χ2n) is 3.22. The van der Waals surface area contributed by atoms with Gasteiger partial charge >= 0.3 is 5.97 Å².